The van der Waals surface area contributed by atoms with Gasteiger partial charge in [-0.2, -0.15) is 0 Å². The molecule has 0 aromatic rings. The number of hydrogen-bond donors (Lipinski definition) is 0. The molecule has 2 heteroatoms. The van der Waals surface area contributed by atoms with E-state index in [4.69, 9.17) is 0 Å². The Morgan fingerprint density at radius 3 is 1.19 bits per heavy atom. The molecule has 0 radical (unpaired) electrons. The molecule has 182 valence electrons. The van der Waals surface area contributed by atoms with Gasteiger partial charge in [0.1, 0.15) is 0 Å². The minimum absolute atomic E-state index is 0.108. The first-order chi connectivity index (χ1) is 15.6. The third kappa shape index (κ3) is 7.95. The highest BCUT2D eigenvalue weighted by Crippen LogP contribution is 2.54. The molecule has 2 aliphatic rings. The normalized spacial score (nSPS) is 22.1. The van der Waals surface area contributed by atoms with Gasteiger partial charge < -0.3 is 0 Å². The second-order valence-corrected chi connectivity index (χ2v) is 15.7. The topological polar surface area (TPSA) is 0 Å². The van der Waals surface area contributed by atoms with E-state index in [-0.39, 0.29) is 15.8 Å². The fraction of sp³-hybridized carbons (Fsp3) is 0.733. The summed E-state index contributed by atoms with van der Waals surface area (Å²) in [7, 11) is 0.217. The lowest BCUT2D eigenvalue weighted by atomic mass is 9.82. The third-order valence-corrected chi connectivity index (χ3v) is 14.0. The van der Waals surface area contributed by atoms with Crippen LogP contribution in [-0.2, 0) is 0 Å². The van der Waals surface area contributed by atoms with Crippen LogP contribution in [0.3, 0.4) is 0 Å². The van der Waals surface area contributed by atoms with E-state index in [1.165, 1.54) is 76.0 Å². The number of unbranched alkanes of at least 4 members (excludes halogenated alkanes) is 4. The van der Waals surface area contributed by atoms with Crippen molar-refractivity contribution in [3.05, 3.63) is 47.6 Å². The van der Waals surface area contributed by atoms with Crippen molar-refractivity contribution in [2.45, 2.75) is 104 Å². The van der Waals surface area contributed by atoms with Gasteiger partial charge >= 0.3 is 0 Å². The quantitative estimate of drug-likeness (QED) is 0.184. The molecule has 0 aromatic heterocycles. The van der Waals surface area contributed by atoms with E-state index in [1.807, 2.05) is 0 Å². The van der Waals surface area contributed by atoms with Gasteiger partial charge in [0.2, 0.25) is 0 Å². The van der Waals surface area contributed by atoms with Gasteiger partial charge in [-0.1, -0.05) is 131 Å². The van der Waals surface area contributed by atoms with Crippen LogP contribution in [0.15, 0.2) is 47.6 Å². The Balaban J connectivity index is 2.14. The standard InChI is InChI=1S/C30H52P2/c1-7-11-21-31(22-12-8-2)25(5)27-17-15-19-29(27)30-20-16-18-28(30)26(6)32(23-13-9-3)24-14-10-4/h15-20,25-26,29-30H,7-14,21-24H2,1-6H3/t25-,26-,29?,30?/m0/s1. The molecular formula is C30H52P2. The maximum absolute atomic E-state index is 2.57. The monoisotopic (exact) mass is 474 g/mol. The van der Waals surface area contributed by atoms with E-state index in [9.17, 15) is 0 Å². The minimum atomic E-state index is 0.108. The fourth-order valence-corrected chi connectivity index (χ4v) is 11.6. The highest BCUT2D eigenvalue weighted by Gasteiger charge is 2.35. The molecule has 0 N–H and O–H groups in total. The van der Waals surface area contributed by atoms with Crippen LogP contribution in [0.5, 0.6) is 0 Å². The Bertz CT molecular complexity index is 569. The molecule has 2 rings (SSSR count). The lowest BCUT2D eigenvalue weighted by Crippen LogP contribution is -2.24. The van der Waals surface area contributed by atoms with Crippen LogP contribution < -0.4 is 0 Å². The van der Waals surface area contributed by atoms with Gasteiger partial charge in [-0.15, -0.1) is 0 Å². The summed E-state index contributed by atoms with van der Waals surface area (Å²) in [5, 5.41) is 0. The summed E-state index contributed by atoms with van der Waals surface area (Å²) in [5.74, 6) is 1.22. The Labute approximate surface area is 204 Å². The number of hydrogen-bond acceptors (Lipinski definition) is 0. The molecule has 0 amide bonds. The zero-order valence-corrected chi connectivity index (χ0v) is 23.9. The van der Waals surface area contributed by atoms with Crippen LogP contribution in [0.2, 0.25) is 0 Å². The van der Waals surface area contributed by atoms with Crippen molar-refractivity contribution in [1.82, 2.24) is 0 Å². The van der Waals surface area contributed by atoms with Crippen LogP contribution >= 0.6 is 15.8 Å². The molecule has 0 saturated carbocycles. The maximum Gasteiger partial charge on any atom is 0.00899 e. The van der Waals surface area contributed by atoms with E-state index in [1.54, 1.807) is 11.1 Å². The molecule has 2 aliphatic carbocycles. The Kier molecular flexibility index (Phi) is 13.7. The van der Waals surface area contributed by atoms with Gasteiger partial charge in [0.05, 0.1) is 0 Å². The summed E-state index contributed by atoms with van der Waals surface area (Å²) in [6.07, 6.45) is 31.8. The van der Waals surface area contributed by atoms with Crippen LogP contribution in [0, 0.1) is 11.8 Å². The van der Waals surface area contributed by atoms with Gasteiger partial charge in [0.15, 0.2) is 0 Å². The van der Waals surface area contributed by atoms with Crippen molar-refractivity contribution < 1.29 is 0 Å². The molecule has 32 heavy (non-hydrogen) atoms. The largest absolute Gasteiger partial charge is 0.0996 e. The Morgan fingerprint density at radius 2 is 0.906 bits per heavy atom. The molecule has 0 bridgehead atoms. The molecular weight excluding hydrogens is 422 g/mol. The molecule has 0 spiro atoms. The molecule has 0 aliphatic heterocycles. The summed E-state index contributed by atoms with van der Waals surface area (Å²) >= 11 is 0. The second kappa shape index (κ2) is 15.7. The highest BCUT2D eigenvalue weighted by molar-refractivity contribution is 7.59. The Morgan fingerprint density at radius 1 is 0.594 bits per heavy atom. The van der Waals surface area contributed by atoms with E-state index in [0.717, 1.165) is 11.3 Å². The average molecular weight is 475 g/mol. The summed E-state index contributed by atoms with van der Waals surface area (Å²) in [6, 6.07) is 0. The van der Waals surface area contributed by atoms with Crippen molar-refractivity contribution in [3.63, 3.8) is 0 Å². The molecule has 0 fully saturated rings. The summed E-state index contributed by atoms with van der Waals surface area (Å²) < 4.78 is 0. The zero-order chi connectivity index (χ0) is 23.3. The minimum Gasteiger partial charge on any atom is -0.0996 e. The number of allylic oxidation sites excluding steroid dienone is 8. The first kappa shape index (κ1) is 28.1. The summed E-state index contributed by atoms with van der Waals surface area (Å²) in [4.78, 5) is 0. The summed E-state index contributed by atoms with van der Waals surface area (Å²) in [5.41, 5.74) is 5.06. The van der Waals surface area contributed by atoms with Crippen LogP contribution in [0.1, 0.15) is 92.9 Å². The van der Waals surface area contributed by atoms with E-state index >= 15 is 0 Å². The van der Waals surface area contributed by atoms with Crippen molar-refractivity contribution >= 4 is 15.8 Å². The van der Waals surface area contributed by atoms with Crippen LogP contribution in [-0.4, -0.2) is 36.0 Å². The molecule has 0 saturated heterocycles. The molecule has 0 nitrogen and oxygen atoms in total. The van der Waals surface area contributed by atoms with Gasteiger partial charge in [0, 0.05) is 11.8 Å². The average Bonchev–Trinajstić information content (AvgIpc) is 3.48. The van der Waals surface area contributed by atoms with Crippen LogP contribution in [0.4, 0.5) is 0 Å². The van der Waals surface area contributed by atoms with Crippen molar-refractivity contribution in [3.8, 4) is 0 Å². The molecule has 0 aromatic carbocycles. The van der Waals surface area contributed by atoms with E-state index in [0.29, 0.717) is 11.8 Å². The molecule has 4 atom stereocenters. The van der Waals surface area contributed by atoms with Crippen molar-refractivity contribution in [2.24, 2.45) is 11.8 Å². The summed E-state index contributed by atoms with van der Waals surface area (Å²) in [6.45, 7) is 14.6. The van der Waals surface area contributed by atoms with Crippen molar-refractivity contribution in [1.29, 1.82) is 0 Å². The predicted octanol–water partition coefficient (Wildman–Crippen LogP) is 10.2. The SMILES string of the molecule is CCCCP(CCCC)[C@@H](C)C1=CC=CC1C1C=CC=C1[C@H](C)P(CCCC)CCCC. The zero-order valence-electron chi connectivity index (χ0n) is 22.2. The van der Waals surface area contributed by atoms with Gasteiger partial charge in [-0.3, -0.25) is 0 Å². The molecule has 0 heterocycles. The lowest BCUT2D eigenvalue weighted by Gasteiger charge is -2.35. The van der Waals surface area contributed by atoms with Gasteiger partial charge in [0.25, 0.3) is 0 Å². The van der Waals surface area contributed by atoms with E-state index in [2.05, 4.69) is 78.0 Å². The smallest absolute Gasteiger partial charge is 0.00899 e. The Hall–Kier alpha value is -0.180. The fourth-order valence-electron chi connectivity index (χ4n) is 5.37. The highest BCUT2D eigenvalue weighted by atomic mass is 31.1. The third-order valence-electron chi connectivity index (χ3n) is 7.63. The van der Waals surface area contributed by atoms with Crippen molar-refractivity contribution in [2.75, 3.05) is 24.6 Å². The molecule has 2 unspecified atom stereocenters. The van der Waals surface area contributed by atoms with Gasteiger partial charge in [-0.25, -0.2) is 0 Å². The number of rotatable bonds is 17. The predicted molar refractivity (Wildman–Crippen MR) is 153 cm³/mol. The maximum atomic E-state index is 2.57. The lowest BCUT2D eigenvalue weighted by molar-refractivity contribution is 0.594. The van der Waals surface area contributed by atoms with E-state index < -0.39 is 0 Å². The van der Waals surface area contributed by atoms with Crippen LogP contribution in [0.25, 0.3) is 0 Å². The first-order valence-corrected chi connectivity index (χ1v) is 17.4. The first-order valence-electron chi connectivity index (χ1n) is 13.8. The van der Waals surface area contributed by atoms with Gasteiger partial charge in [-0.05, 0) is 61.6 Å². The second-order valence-electron chi connectivity index (χ2n) is 9.99.